The van der Waals surface area contributed by atoms with Gasteiger partial charge in [0.05, 0.1) is 5.02 Å². The molecule has 0 saturated heterocycles. The van der Waals surface area contributed by atoms with Gasteiger partial charge in [0, 0.05) is 4.47 Å². The quantitative estimate of drug-likeness (QED) is 0.676. The Hall–Kier alpha value is -0.250. The van der Waals surface area contributed by atoms with Crippen molar-refractivity contribution < 1.29 is 4.42 Å². The van der Waals surface area contributed by atoms with E-state index in [9.17, 15) is 0 Å². The highest BCUT2D eigenvalue weighted by atomic mass is 79.9. The number of rotatable bonds is 0. The molecule has 1 aromatic carbocycles. The molecule has 2 nitrogen and oxygen atoms in total. The van der Waals surface area contributed by atoms with E-state index in [1.165, 1.54) is 6.39 Å². The number of nitrogens with zero attached hydrogens (tertiary/aromatic N) is 1. The number of aromatic nitrogens is 1. The minimum absolute atomic E-state index is 0.388. The van der Waals surface area contributed by atoms with Crippen LogP contribution < -0.4 is 0 Å². The molecule has 0 N–H and O–H groups in total. The van der Waals surface area contributed by atoms with Crippen molar-refractivity contribution in [3.05, 3.63) is 27.0 Å². The standard InChI is InChI=1S/C7H2BrCl2NO/c8-3-1-4-7(12-2-11-4)6(10)5(3)9/h1-2H. The number of benzene rings is 1. The molecule has 5 heteroatoms. The Kier molecular flexibility index (Phi) is 2.02. The Labute approximate surface area is 86.6 Å². The summed E-state index contributed by atoms with van der Waals surface area (Å²) in [6.45, 7) is 0. The lowest BCUT2D eigenvalue weighted by atomic mass is 10.3. The third-order valence-electron chi connectivity index (χ3n) is 1.46. The lowest BCUT2D eigenvalue weighted by molar-refractivity contribution is 0.602. The summed E-state index contributed by atoms with van der Waals surface area (Å²) in [7, 11) is 0. The fourth-order valence-electron chi connectivity index (χ4n) is 0.910. The molecule has 0 aliphatic rings. The van der Waals surface area contributed by atoms with Crippen molar-refractivity contribution in [2.75, 3.05) is 0 Å². The predicted octanol–water partition coefficient (Wildman–Crippen LogP) is 3.90. The number of oxazole rings is 1. The van der Waals surface area contributed by atoms with Crippen LogP contribution in [0.4, 0.5) is 0 Å². The van der Waals surface area contributed by atoms with E-state index in [1.807, 2.05) is 0 Å². The SMILES string of the molecule is Clc1c(Br)cc2ncoc2c1Cl. The molecule has 1 heterocycles. The molecular formula is C7H2BrCl2NO. The van der Waals surface area contributed by atoms with Crippen LogP contribution in [0.25, 0.3) is 11.1 Å². The summed E-state index contributed by atoms with van der Waals surface area (Å²) < 4.78 is 5.75. The number of hydrogen-bond acceptors (Lipinski definition) is 2. The zero-order chi connectivity index (χ0) is 8.72. The van der Waals surface area contributed by atoms with Crippen molar-refractivity contribution in [2.24, 2.45) is 0 Å². The molecule has 0 bridgehead atoms. The number of halogens is 3. The van der Waals surface area contributed by atoms with Gasteiger partial charge in [0.2, 0.25) is 0 Å². The van der Waals surface area contributed by atoms with E-state index in [4.69, 9.17) is 27.6 Å². The first kappa shape index (κ1) is 8.35. The van der Waals surface area contributed by atoms with Gasteiger partial charge in [0.25, 0.3) is 0 Å². The average molecular weight is 267 g/mol. The van der Waals surface area contributed by atoms with Gasteiger partial charge < -0.3 is 4.42 Å². The van der Waals surface area contributed by atoms with Crippen molar-refractivity contribution in [1.82, 2.24) is 4.98 Å². The van der Waals surface area contributed by atoms with Gasteiger partial charge >= 0.3 is 0 Å². The van der Waals surface area contributed by atoms with Gasteiger partial charge in [0.15, 0.2) is 12.0 Å². The highest BCUT2D eigenvalue weighted by Gasteiger charge is 2.11. The minimum atomic E-state index is 0.388. The molecule has 0 saturated carbocycles. The summed E-state index contributed by atoms with van der Waals surface area (Å²) in [4.78, 5) is 3.94. The summed E-state index contributed by atoms with van der Waals surface area (Å²) in [6, 6.07) is 1.76. The molecule has 0 aliphatic heterocycles. The second-order valence-corrected chi connectivity index (χ2v) is 3.80. The van der Waals surface area contributed by atoms with Gasteiger partial charge in [0.1, 0.15) is 10.5 Å². The average Bonchev–Trinajstić information content (AvgIpc) is 2.48. The molecule has 2 aromatic rings. The third kappa shape index (κ3) is 1.13. The predicted molar refractivity (Wildman–Crippen MR) is 51.7 cm³/mol. The summed E-state index contributed by atoms with van der Waals surface area (Å²) >= 11 is 15.0. The van der Waals surface area contributed by atoms with Crippen molar-refractivity contribution in [2.45, 2.75) is 0 Å². The van der Waals surface area contributed by atoms with Crippen LogP contribution >= 0.6 is 39.1 Å². The summed E-state index contributed by atoms with van der Waals surface area (Å²) in [5, 5.41) is 0.833. The topological polar surface area (TPSA) is 26.0 Å². The van der Waals surface area contributed by atoms with Gasteiger partial charge in [-0.25, -0.2) is 4.98 Å². The molecule has 0 aliphatic carbocycles. The first-order valence-corrected chi connectivity index (χ1v) is 4.61. The molecule has 1 aromatic heterocycles. The smallest absolute Gasteiger partial charge is 0.182 e. The van der Waals surface area contributed by atoms with Gasteiger partial charge in [-0.3, -0.25) is 0 Å². The zero-order valence-corrected chi connectivity index (χ0v) is 8.74. The maximum atomic E-state index is 5.88. The van der Waals surface area contributed by atoms with Crippen molar-refractivity contribution in [1.29, 1.82) is 0 Å². The second-order valence-electron chi connectivity index (χ2n) is 2.19. The van der Waals surface area contributed by atoms with E-state index in [1.54, 1.807) is 6.07 Å². The van der Waals surface area contributed by atoms with Gasteiger partial charge in [-0.15, -0.1) is 0 Å². The van der Waals surface area contributed by atoms with E-state index in [2.05, 4.69) is 20.9 Å². The summed E-state index contributed by atoms with van der Waals surface area (Å²) in [5.41, 5.74) is 1.21. The van der Waals surface area contributed by atoms with Crippen LogP contribution in [0.1, 0.15) is 0 Å². The Morgan fingerprint density at radius 3 is 2.83 bits per heavy atom. The minimum Gasteiger partial charge on any atom is -0.442 e. The van der Waals surface area contributed by atoms with Gasteiger partial charge in [-0.05, 0) is 22.0 Å². The Morgan fingerprint density at radius 1 is 1.33 bits per heavy atom. The fourth-order valence-corrected chi connectivity index (χ4v) is 1.82. The molecule has 0 fully saturated rings. The molecule has 0 radical (unpaired) electrons. The van der Waals surface area contributed by atoms with E-state index >= 15 is 0 Å². The van der Waals surface area contributed by atoms with Crippen LogP contribution in [0.3, 0.4) is 0 Å². The highest BCUT2D eigenvalue weighted by molar-refractivity contribution is 9.10. The van der Waals surface area contributed by atoms with Gasteiger partial charge in [-0.2, -0.15) is 0 Å². The lowest BCUT2D eigenvalue weighted by Crippen LogP contribution is -1.74. The Bertz CT molecular complexity index is 440. The van der Waals surface area contributed by atoms with Crippen LogP contribution in [-0.2, 0) is 0 Å². The Balaban J connectivity index is 2.94. The Morgan fingerprint density at radius 2 is 2.08 bits per heavy atom. The van der Waals surface area contributed by atoms with Crippen molar-refractivity contribution >= 4 is 50.2 Å². The van der Waals surface area contributed by atoms with Crippen LogP contribution in [0, 0.1) is 0 Å². The molecule has 62 valence electrons. The summed E-state index contributed by atoms with van der Waals surface area (Å²) in [5.74, 6) is 0. The van der Waals surface area contributed by atoms with E-state index in [0.717, 1.165) is 4.47 Å². The molecule has 0 unspecified atom stereocenters. The number of fused-ring (bicyclic) bond motifs is 1. The normalized spacial score (nSPS) is 10.9. The third-order valence-corrected chi connectivity index (χ3v) is 3.16. The lowest BCUT2D eigenvalue weighted by Gasteiger charge is -1.97. The highest BCUT2D eigenvalue weighted by Crippen LogP contribution is 2.36. The van der Waals surface area contributed by atoms with E-state index < -0.39 is 0 Å². The maximum Gasteiger partial charge on any atom is 0.182 e. The first-order chi connectivity index (χ1) is 5.70. The molecular weight excluding hydrogens is 265 g/mol. The van der Waals surface area contributed by atoms with E-state index in [0.29, 0.717) is 21.1 Å². The molecule has 0 spiro atoms. The van der Waals surface area contributed by atoms with Crippen molar-refractivity contribution in [3.63, 3.8) is 0 Å². The van der Waals surface area contributed by atoms with Gasteiger partial charge in [-0.1, -0.05) is 23.2 Å². The largest absolute Gasteiger partial charge is 0.442 e. The van der Waals surface area contributed by atoms with Crippen LogP contribution in [0.15, 0.2) is 21.3 Å². The van der Waals surface area contributed by atoms with E-state index in [-0.39, 0.29) is 0 Å². The maximum absolute atomic E-state index is 5.88. The number of hydrogen-bond donors (Lipinski definition) is 0. The summed E-state index contributed by atoms with van der Waals surface area (Å²) in [6.07, 6.45) is 1.33. The molecule has 2 rings (SSSR count). The van der Waals surface area contributed by atoms with Crippen LogP contribution in [0.5, 0.6) is 0 Å². The van der Waals surface area contributed by atoms with Crippen LogP contribution in [0.2, 0.25) is 10.0 Å². The molecule has 0 amide bonds. The molecule has 12 heavy (non-hydrogen) atoms. The zero-order valence-electron chi connectivity index (χ0n) is 5.64. The fraction of sp³-hybridized carbons (Fsp3) is 0. The van der Waals surface area contributed by atoms with Crippen molar-refractivity contribution in [3.8, 4) is 0 Å². The molecule has 0 atom stereocenters. The first-order valence-electron chi connectivity index (χ1n) is 3.07. The monoisotopic (exact) mass is 265 g/mol. The van der Waals surface area contributed by atoms with Crippen LogP contribution in [-0.4, -0.2) is 4.98 Å². The second kappa shape index (κ2) is 2.91.